The third kappa shape index (κ3) is 3.86. The lowest BCUT2D eigenvalue weighted by Gasteiger charge is -2.32. The summed E-state index contributed by atoms with van der Waals surface area (Å²) < 4.78 is 55.2. The smallest absolute Gasteiger partial charge is 0.361 e. The Hall–Kier alpha value is -2.30. The standard InChI is InChI=1S/C18H12Cl2F4N4OS/c19-9-6-8(3-4-10(9)21)25-17(29)15-14(20)16-26-11(12-2-1-5-30-12)7-13(18(22,23)24)28(16)27-15/h1-6,11,13,26H,7H2,(H,25,29)/t11-,13+/m0/s1. The minimum atomic E-state index is -4.60. The van der Waals surface area contributed by atoms with Crippen molar-refractivity contribution in [2.75, 3.05) is 10.6 Å². The summed E-state index contributed by atoms with van der Waals surface area (Å²) in [5, 5.41) is 10.5. The maximum absolute atomic E-state index is 13.7. The van der Waals surface area contributed by atoms with E-state index in [4.69, 9.17) is 23.2 Å². The van der Waals surface area contributed by atoms with Crippen LogP contribution < -0.4 is 10.6 Å². The number of rotatable bonds is 3. The van der Waals surface area contributed by atoms with E-state index in [2.05, 4.69) is 15.7 Å². The van der Waals surface area contributed by atoms with E-state index in [0.717, 1.165) is 6.07 Å². The fraction of sp³-hybridized carbons (Fsp3) is 0.222. The third-order valence-electron chi connectivity index (χ3n) is 4.57. The van der Waals surface area contributed by atoms with Crippen LogP contribution in [-0.4, -0.2) is 21.9 Å². The molecule has 0 bridgehead atoms. The number of aromatic nitrogens is 2. The van der Waals surface area contributed by atoms with Gasteiger partial charge in [-0.3, -0.25) is 4.79 Å². The number of amides is 1. The van der Waals surface area contributed by atoms with Crippen LogP contribution in [0.25, 0.3) is 0 Å². The number of carbonyl (C=O) groups is 1. The van der Waals surface area contributed by atoms with E-state index < -0.39 is 30.0 Å². The van der Waals surface area contributed by atoms with Gasteiger partial charge in [0.1, 0.15) is 16.7 Å². The van der Waals surface area contributed by atoms with E-state index in [-0.39, 0.29) is 33.7 Å². The summed E-state index contributed by atoms with van der Waals surface area (Å²) in [4.78, 5) is 13.3. The first-order valence-corrected chi connectivity index (χ1v) is 10.2. The molecule has 1 aliphatic heterocycles. The van der Waals surface area contributed by atoms with Crippen molar-refractivity contribution in [3.8, 4) is 0 Å². The van der Waals surface area contributed by atoms with E-state index in [9.17, 15) is 22.4 Å². The number of hydrogen-bond donors (Lipinski definition) is 2. The highest BCUT2D eigenvalue weighted by Gasteiger charge is 2.48. The van der Waals surface area contributed by atoms with Gasteiger partial charge in [-0.15, -0.1) is 11.3 Å². The monoisotopic (exact) mass is 478 g/mol. The number of nitrogens with zero attached hydrogens (tertiary/aromatic N) is 2. The minimum absolute atomic E-state index is 0.0917. The molecule has 0 saturated heterocycles. The molecule has 2 atom stereocenters. The van der Waals surface area contributed by atoms with E-state index >= 15 is 0 Å². The highest BCUT2D eigenvalue weighted by Crippen LogP contribution is 2.46. The van der Waals surface area contributed by atoms with Gasteiger partial charge in [-0.1, -0.05) is 29.3 Å². The molecule has 1 amide bonds. The van der Waals surface area contributed by atoms with Gasteiger partial charge >= 0.3 is 6.18 Å². The van der Waals surface area contributed by atoms with Gasteiger partial charge < -0.3 is 10.6 Å². The highest BCUT2D eigenvalue weighted by atomic mass is 35.5. The van der Waals surface area contributed by atoms with Crippen LogP contribution >= 0.6 is 34.5 Å². The van der Waals surface area contributed by atoms with Gasteiger partial charge in [-0.2, -0.15) is 18.3 Å². The van der Waals surface area contributed by atoms with Gasteiger partial charge in [0.05, 0.1) is 11.1 Å². The molecule has 2 aromatic heterocycles. The Labute approximate surface area is 181 Å². The first-order valence-electron chi connectivity index (χ1n) is 8.56. The van der Waals surface area contributed by atoms with Crippen molar-refractivity contribution in [3.63, 3.8) is 0 Å². The number of nitrogens with one attached hydrogen (secondary N) is 2. The molecular weight excluding hydrogens is 467 g/mol. The highest BCUT2D eigenvalue weighted by molar-refractivity contribution is 7.10. The summed E-state index contributed by atoms with van der Waals surface area (Å²) in [5.41, 5.74) is -0.245. The summed E-state index contributed by atoms with van der Waals surface area (Å²) in [6, 6.07) is 4.34. The average Bonchev–Trinajstić information content (AvgIpc) is 3.32. The number of anilines is 2. The third-order valence-corrected chi connectivity index (χ3v) is 6.21. The number of fused-ring (bicyclic) bond motifs is 1. The SMILES string of the molecule is O=C(Nc1ccc(F)c(Cl)c1)c1nn2c(c1Cl)N[C@H](c1cccs1)C[C@@H]2C(F)(F)F. The Morgan fingerprint density at radius 1 is 1.30 bits per heavy atom. The van der Waals surface area contributed by atoms with E-state index in [1.165, 1.54) is 23.5 Å². The first-order chi connectivity index (χ1) is 14.1. The number of alkyl halides is 3. The van der Waals surface area contributed by atoms with Crippen LogP contribution in [0.1, 0.15) is 33.9 Å². The van der Waals surface area contributed by atoms with Gasteiger partial charge in [-0.25, -0.2) is 9.07 Å². The van der Waals surface area contributed by atoms with E-state index in [1.54, 1.807) is 17.5 Å². The molecular formula is C18H12Cl2F4N4OS. The van der Waals surface area contributed by atoms with Gasteiger partial charge in [-0.05, 0) is 29.6 Å². The number of halogens is 6. The molecule has 1 aliphatic rings. The van der Waals surface area contributed by atoms with E-state index in [0.29, 0.717) is 9.56 Å². The average molecular weight is 479 g/mol. The molecule has 158 valence electrons. The Balaban J connectivity index is 1.69. The normalized spacial score (nSPS) is 18.6. The molecule has 0 saturated carbocycles. The lowest BCUT2D eigenvalue weighted by Crippen LogP contribution is -2.35. The Morgan fingerprint density at radius 2 is 2.07 bits per heavy atom. The molecule has 4 rings (SSSR count). The fourth-order valence-electron chi connectivity index (χ4n) is 3.17. The minimum Gasteiger partial charge on any atom is -0.361 e. The van der Waals surface area contributed by atoms with Crippen molar-refractivity contribution < 1.29 is 22.4 Å². The van der Waals surface area contributed by atoms with Crippen molar-refractivity contribution in [2.45, 2.75) is 24.7 Å². The summed E-state index contributed by atoms with van der Waals surface area (Å²) in [6.45, 7) is 0. The molecule has 3 heterocycles. The molecule has 3 aromatic rings. The van der Waals surface area contributed by atoms with Crippen LogP contribution in [0.15, 0.2) is 35.7 Å². The van der Waals surface area contributed by atoms with Gasteiger partial charge in [0, 0.05) is 17.0 Å². The fourth-order valence-corrected chi connectivity index (χ4v) is 4.41. The lowest BCUT2D eigenvalue weighted by atomic mass is 10.0. The second-order valence-electron chi connectivity index (χ2n) is 6.54. The number of benzene rings is 1. The Bertz CT molecular complexity index is 1100. The summed E-state index contributed by atoms with van der Waals surface area (Å²) in [6.07, 6.45) is -4.90. The molecule has 30 heavy (non-hydrogen) atoms. The van der Waals surface area contributed by atoms with Crippen molar-refractivity contribution in [2.24, 2.45) is 0 Å². The van der Waals surface area contributed by atoms with Crippen molar-refractivity contribution in [1.29, 1.82) is 0 Å². The Kier molecular flexibility index (Phi) is 5.41. The zero-order valence-electron chi connectivity index (χ0n) is 14.8. The zero-order chi connectivity index (χ0) is 21.6. The van der Waals surface area contributed by atoms with Crippen molar-refractivity contribution in [1.82, 2.24) is 9.78 Å². The van der Waals surface area contributed by atoms with Crippen LogP contribution in [0.3, 0.4) is 0 Å². The Morgan fingerprint density at radius 3 is 2.70 bits per heavy atom. The maximum atomic E-state index is 13.7. The van der Waals surface area contributed by atoms with Crippen LogP contribution in [0, 0.1) is 5.82 Å². The summed E-state index contributed by atoms with van der Waals surface area (Å²) >= 11 is 13.2. The second-order valence-corrected chi connectivity index (χ2v) is 8.31. The van der Waals surface area contributed by atoms with Gasteiger partial charge in [0.25, 0.3) is 5.91 Å². The van der Waals surface area contributed by atoms with Gasteiger partial charge in [0.2, 0.25) is 0 Å². The molecule has 1 aromatic carbocycles. The molecule has 2 N–H and O–H groups in total. The van der Waals surface area contributed by atoms with Gasteiger partial charge in [0.15, 0.2) is 11.7 Å². The number of thiophene rings is 1. The molecule has 0 aliphatic carbocycles. The van der Waals surface area contributed by atoms with Crippen molar-refractivity contribution >= 4 is 52.0 Å². The molecule has 5 nitrogen and oxygen atoms in total. The largest absolute Gasteiger partial charge is 0.410 e. The topological polar surface area (TPSA) is 59.0 Å². The van der Waals surface area contributed by atoms with Crippen LogP contribution in [0.5, 0.6) is 0 Å². The molecule has 0 fully saturated rings. The number of hydrogen-bond acceptors (Lipinski definition) is 4. The van der Waals surface area contributed by atoms with Crippen LogP contribution in [0.2, 0.25) is 10.0 Å². The summed E-state index contributed by atoms with van der Waals surface area (Å²) in [5.74, 6) is -1.62. The predicted octanol–water partition coefficient (Wildman–Crippen LogP) is 6.30. The quantitative estimate of drug-likeness (QED) is 0.434. The molecule has 12 heteroatoms. The van der Waals surface area contributed by atoms with Crippen molar-refractivity contribution in [3.05, 3.63) is 62.1 Å². The maximum Gasteiger partial charge on any atom is 0.410 e. The molecule has 0 spiro atoms. The van der Waals surface area contributed by atoms with E-state index in [1.807, 2.05) is 0 Å². The molecule has 0 unspecified atom stereocenters. The lowest BCUT2D eigenvalue weighted by molar-refractivity contribution is -0.173. The summed E-state index contributed by atoms with van der Waals surface area (Å²) in [7, 11) is 0. The number of carbonyl (C=O) groups excluding carboxylic acids is 1. The first kappa shape index (κ1) is 21.0. The predicted molar refractivity (Wildman–Crippen MR) is 107 cm³/mol. The molecule has 0 radical (unpaired) electrons. The van der Waals surface area contributed by atoms with Crippen LogP contribution in [-0.2, 0) is 0 Å². The van der Waals surface area contributed by atoms with Crippen LogP contribution in [0.4, 0.5) is 29.1 Å². The zero-order valence-corrected chi connectivity index (χ0v) is 17.1. The second kappa shape index (κ2) is 7.75.